The van der Waals surface area contributed by atoms with E-state index in [1.165, 1.54) is 5.56 Å². The van der Waals surface area contributed by atoms with Gasteiger partial charge in [0.15, 0.2) is 0 Å². The Balaban J connectivity index is 1.40. The summed E-state index contributed by atoms with van der Waals surface area (Å²) < 4.78 is 3.58. The van der Waals surface area contributed by atoms with Crippen LogP contribution in [0.3, 0.4) is 0 Å². The fraction of sp³-hybridized carbons (Fsp3) is 0.278. The maximum atomic E-state index is 12.6. The van der Waals surface area contributed by atoms with Crippen molar-refractivity contribution in [1.82, 2.24) is 19.6 Å². The van der Waals surface area contributed by atoms with E-state index in [4.69, 9.17) is 0 Å². The predicted octanol–water partition coefficient (Wildman–Crippen LogP) is 1.88. The van der Waals surface area contributed by atoms with Crippen molar-refractivity contribution >= 4 is 17.3 Å². The molecule has 1 aromatic carbocycles. The van der Waals surface area contributed by atoms with Crippen molar-refractivity contribution in [3.05, 3.63) is 60.7 Å². The lowest BCUT2D eigenvalue weighted by atomic mass is 10.2. The van der Waals surface area contributed by atoms with Gasteiger partial charge in [-0.2, -0.15) is 10.2 Å². The first-order valence-corrected chi connectivity index (χ1v) is 8.32. The third kappa shape index (κ3) is 3.26. The molecule has 0 bridgehead atoms. The second kappa shape index (κ2) is 6.43. The van der Waals surface area contributed by atoms with Gasteiger partial charge in [-0.05, 0) is 12.0 Å². The summed E-state index contributed by atoms with van der Waals surface area (Å²) in [4.78, 5) is 14.4. The molecule has 128 valence electrons. The zero-order valence-electron chi connectivity index (χ0n) is 14.0. The number of amides is 1. The Morgan fingerprint density at radius 1 is 1.16 bits per heavy atom. The Hall–Kier alpha value is -3.09. The molecular weight excluding hydrogens is 316 g/mol. The van der Waals surface area contributed by atoms with E-state index in [0.29, 0.717) is 13.1 Å². The number of nitrogens with one attached hydrogen (secondary N) is 1. The lowest BCUT2D eigenvalue weighted by Gasteiger charge is -2.15. The van der Waals surface area contributed by atoms with Gasteiger partial charge in [-0.15, -0.1) is 0 Å². The summed E-state index contributed by atoms with van der Waals surface area (Å²) in [5.41, 5.74) is 2.90. The zero-order chi connectivity index (χ0) is 17.2. The number of hydrogen-bond acceptors (Lipinski definition) is 4. The van der Waals surface area contributed by atoms with Crippen LogP contribution in [0.15, 0.2) is 55.1 Å². The molecule has 1 N–H and O–H groups in total. The van der Waals surface area contributed by atoms with Gasteiger partial charge in [0.25, 0.3) is 0 Å². The van der Waals surface area contributed by atoms with Crippen LogP contribution in [0.4, 0.5) is 11.4 Å². The normalized spacial score (nSPS) is 17.2. The van der Waals surface area contributed by atoms with Crippen molar-refractivity contribution in [1.29, 1.82) is 0 Å². The van der Waals surface area contributed by atoms with E-state index in [1.807, 2.05) is 42.3 Å². The molecule has 1 amide bonds. The van der Waals surface area contributed by atoms with Crippen LogP contribution in [0.1, 0.15) is 12.0 Å². The Labute approximate surface area is 145 Å². The Kier molecular flexibility index (Phi) is 3.97. The molecule has 1 aliphatic heterocycles. The molecule has 2 aromatic heterocycles. The number of carbonyl (C=O) groups is 1. The molecule has 1 aliphatic rings. The Morgan fingerprint density at radius 2 is 2.00 bits per heavy atom. The van der Waals surface area contributed by atoms with E-state index in [9.17, 15) is 4.79 Å². The SMILES string of the molecule is Cn1cc(N2CC[C@H](Nc3cnn(Cc4ccccc4)c3)C2=O)cn1. The van der Waals surface area contributed by atoms with Crippen LogP contribution in [0.25, 0.3) is 0 Å². The quantitative estimate of drug-likeness (QED) is 0.772. The molecule has 0 saturated carbocycles. The van der Waals surface area contributed by atoms with Gasteiger partial charge in [0.05, 0.1) is 30.3 Å². The first kappa shape index (κ1) is 15.4. The molecule has 3 heterocycles. The molecule has 0 aliphatic carbocycles. The summed E-state index contributed by atoms with van der Waals surface area (Å²) in [6, 6.07) is 9.95. The van der Waals surface area contributed by atoms with Crippen molar-refractivity contribution in [2.75, 3.05) is 16.8 Å². The summed E-state index contributed by atoms with van der Waals surface area (Å²) in [5, 5.41) is 11.8. The van der Waals surface area contributed by atoms with E-state index in [2.05, 4.69) is 27.6 Å². The van der Waals surface area contributed by atoms with Gasteiger partial charge in [-0.25, -0.2) is 0 Å². The van der Waals surface area contributed by atoms with Gasteiger partial charge in [0.2, 0.25) is 5.91 Å². The monoisotopic (exact) mass is 336 g/mol. The van der Waals surface area contributed by atoms with E-state index in [0.717, 1.165) is 17.8 Å². The minimum atomic E-state index is -0.227. The number of aromatic nitrogens is 4. The molecule has 0 unspecified atom stereocenters. The van der Waals surface area contributed by atoms with Crippen LogP contribution >= 0.6 is 0 Å². The van der Waals surface area contributed by atoms with E-state index in [1.54, 1.807) is 22.0 Å². The molecule has 7 heteroatoms. The van der Waals surface area contributed by atoms with E-state index in [-0.39, 0.29) is 11.9 Å². The van der Waals surface area contributed by atoms with Crippen LogP contribution in [0.5, 0.6) is 0 Å². The van der Waals surface area contributed by atoms with Crippen LogP contribution in [0.2, 0.25) is 0 Å². The lowest BCUT2D eigenvalue weighted by molar-refractivity contribution is -0.117. The van der Waals surface area contributed by atoms with Crippen molar-refractivity contribution in [3.63, 3.8) is 0 Å². The molecule has 3 aromatic rings. The summed E-state index contributed by atoms with van der Waals surface area (Å²) in [5.74, 6) is 0.0730. The molecule has 0 radical (unpaired) electrons. The molecule has 4 rings (SSSR count). The van der Waals surface area contributed by atoms with Gasteiger partial charge in [0.1, 0.15) is 6.04 Å². The number of benzene rings is 1. The minimum absolute atomic E-state index is 0.0730. The maximum absolute atomic E-state index is 12.6. The number of nitrogens with zero attached hydrogens (tertiary/aromatic N) is 5. The number of carbonyl (C=O) groups excluding carboxylic acids is 1. The van der Waals surface area contributed by atoms with Crippen molar-refractivity contribution in [2.45, 2.75) is 19.0 Å². The molecule has 25 heavy (non-hydrogen) atoms. The standard InChI is InChI=1S/C18H20N6O/c1-22-13-16(10-19-22)24-8-7-17(18(24)25)21-15-9-20-23(12-15)11-14-5-3-2-4-6-14/h2-6,9-10,12-13,17,21H,7-8,11H2,1H3/t17-/m0/s1. The predicted molar refractivity (Wildman–Crippen MR) is 95.4 cm³/mol. The van der Waals surface area contributed by atoms with Gasteiger partial charge in [-0.3, -0.25) is 14.2 Å². The van der Waals surface area contributed by atoms with Crippen LogP contribution in [0, 0.1) is 0 Å². The van der Waals surface area contributed by atoms with Gasteiger partial charge in [0, 0.05) is 26.0 Å². The summed E-state index contributed by atoms with van der Waals surface area (Å²) >= 11 is 0. The average molecular weight is 336 g/mol. The smallest absolute Gasteiger partial charge is 0.249 e. The van der Waals surface area contributed by atoms with Gasteiger partial charge < -0.3 is 10.2 Å². The van der Waals surface area contributed by atoms with Crippen LogP contribution in [-0.2, 0) is 18.4 Å². The Bertz CT molecular complexity index is 869. The van der Waals surface area contributed by atoms with Crippen molar-refractivity contribution in [2.24, 2.45) is 7.05 Å². The van der Waals surface area contributed by atoms with Gasteiger partial charge >= 0.3 is 0 Å². The molecule has 1 atom stereocenters. The first-order valence-electron chi connectivity index (χ1n) is 8.32. The second-order valence-electron chi connectivity index (χ2n) is 6.26. The summed E-state index contributed by atoms with van der Waals surface area (Å²) in [7, 11) is 1.85. The van der Waals surface area contributed by atoms with E-state index >= 15 is 0 Å². The second-order valence-corrected chi connectivity index (χ2v) is 6.26. The molecular formula is C18H20N6O. The highest BCUT2D eigenvalue weighted by atomic mass is 16.2. The first-order chi connectivity index (χ1) is 12.2. The summed E-state index contributed by atoms with van der Waals surface area (Å²) in [6.45, 7) is 1.41. The number of rotatable bonds is 5. The van der Waals surface area contributed by atoms with Crippen LogP contribution < -0.4 is 10.2 Å². The highest BCUT2D eigenvalue weighted by Gasteiger charge is 2.33. The molecule has 1 fully saturated rings. The number of anilines is 2. The van der Waals surface area contributed by atoms with Gasteiger partial charge in [-0.1, -0.05) is 30.3 Å². The van der Waals surface area contributed by atoms with E-state index < -0.39 is 0 Å². The van der Waals surface area contributed by atoms with Crippen molar-refractivity contribution in [3.8, 4) is 0 Å². The molecule has 7 nitrogen and oxygen atoms in total. The largest absolute Gasteiger partial charge is 0.371 e. The zero-order valence-corrected chi connectivity index (χ0v) is 14.0. The summed E-state index contributed by atoms with van der Waals surface area (Å²) in [6.07, 6.45) is 8.05. The fourth-order valence-corrected chi connectivity index (χ4v) is 3.11. The fourth-order valence-electron chi connectivity index (χ4n) is 3.11. The maximum Gasteiger partial charge on any atom is 0.249 e. The minimum Gasteiger partial charge on any atom is -0.371 e. The molecule has 0 spiro atoms. The molecule has 1 saturated heterocycles. The third-order valence-corrected chi connectivity index (χ3v) is 4.37. The number of aryl methyl sites for hydroxylation is 1. The van der Waals surface area contributed by atoms with Crippen molar-refractivity contribution < 1.29 is 4.79 Å². The highest BCUT2D eigenvalue weighted by Crippen LogP contribution is 2.23. The topological polar surface area (TPSA) is 68.0 Å². The highest BCUT2D eigenvalue weighted by molar-refractivity contribution is 6.00. The lowest BCUT2D eigenvalue weighted by Crippen LogP contribution is -2.33. The van der Waals surface area contributed by atoms with Crippen LogP contribution in [-0.4, -0.2) is 38.1 Å². The average Bonchev–Trinajstić information content (AvgIpc) is 3.31. The Morgan fingerprint density at radius 3 is 2.76 bits per heavy atom. The third-order valence-electron chi connectivity index (χ3n) is 4.37. The number of hydrogen-bond donors (Lipinski definition) is 1.